The van der Waals surface area contributed by atoms with E-state index in [2.05, 4.69) is 34.6 Å². The van der Waals surface area contributed by atoms with Gasteiger partial charge in [0.15, 0.2) is 12.2 Å². The smallest absolute Gasteiger partial charge is 0.462 e. The Morgan fingerprint density at radius 1 is 0.329 bits per heavy atom. The lowest BCUT2D eigenvalue weighted by Crippen LogP contribution is -2.30. The zero-order chi connectivity index (χ0) is 60.6. The SMILES string of the molecule is CCCCCCCCCCCCCCC(=O)OC[C@H](COP(=O)(O)OC[C@@H](O)COP(=O)(O)OC[C@@H](COC(=O)CCCCCCC)OC(=O)CCCCCCCCCCCCC)OC(=O)CCCCCCCCCCCCCC(C)C. The van der Waals surface area contributed by atoms with Crippen molar-refractivity contribution in [3.63, 3.8) is 0 Å². The number of rotatable bonds is 63. The second-order valence-electron chi connectivity index (χ2n) is 23.3. The molecule has 0 aromatic carbocycles. The molecule has 0 fully saturated rings. The molecule has 0 aliphatic carbocycles. The van der Waals surface area contributed by atoms with E-state index < -0.39 is 97.5 Å². The molecule has 2 unspecified atom stereocenters. The summed E-state index contributed by atoms with van der Waals surface area (Å²) >= 11 is 0. The van der Waals surface area contributed by atoms with Gasteiger partial charge in [0.2, 0.25) is 0 Å². The van der Waals surface area contributed by atoms with Crippen LogP contribution < -0.4 is 0 Å². The summed E-state index contributed by atoms with van der Waals surface area (Å²) in [4.78, 5) is 71.9. The normalized spacial score (nSPS) is 14.3. The maximum atomic E-state index is 13.0. The van der Waals surface area contributed by atoms with Crippen LogP contribution in [0.5, 0.6) is 0 Å². The minimum atomic E-state index is -4.94. The third kappa shape index (κ3) is 57.2. The van der Waals surface area contributed by atoms with Gasteiger partial charge in [0.25, 0.3) is 0 Å². The molecule has 0 bridgehead atoms. The van der Waals surface area contributed by atoms with E-state index >= 15 is 0 Å². The summed E-state index contributed by atoms with van der Waals surface area (Å²) in [5.41, 5.74) is 0. The molecule has 17 nitrogen and oxygen atoms in total. The lowest BCUT2D eigenvalue weighted by Gasteiger charge is -2.21. The molecule has 0 aromatic heterocycles. The molecule has 0 saturated carbocycles. The molecule has 3 N–H and O–H groups in total. The average Bonchev–Trinajstić information content (AvgIpc) is 3.44. The molecule has 0 radical (unpaired) electrons. The summed E-state index contributed by atoms with van der Waals surface area (Å²) in [5.74, 6) is -1.38. The standard InChI is InChI=1S/C63H122O17P2/c1-6-9-12-15-17-19-21-25-28-32-37-42-47-61(66)74-53-59(80-63(68)49-44-39-34-30-26-22-24-27-31-36-40-45-56(4)5)55-78-82(71,72)76-51-57(64)50-75-81(69,70)77-54-58(52-73-60(65)46-41-35-14-11-8-3)79-62(67)48-43-38-33-29-23-20-18-16-13-10-7-2/h56-59,64H,6-55H2,1-5H3,(H,69,70)(H,71,72)/t57-,58+,59+/m0/s1. The molecule has 0 aliphatic rings. The van der Waals surface area contributed by atoms with Crippen LogP contribution in [0.3, 0.4) is 0 Å². The van der Waals surface area contributed by atoms with Crippen molar-refractivity contribution in [2.45, 2.75) is 335 Å². The molecule has 0 spiro atoms. The van der Waals surface area contributed by atoms with Gasteiger partial charge in [-0.2, -0.15) is 0 Å². The molecule has 0 amide bonds. The van der Waals surface area contributed by atoms with Crippen LogP contribution in [-0.2, 0) is 65.4 Å². The molecule has 82 heavy (non-hydrogen) atoms. The first-order valence-electron chi connectivity index (χ1n) is 33.1. The van der Waals surface area contributed by atoms with Crippen molar-refractivity contribution in [1.29, 1.82) is 0 Å². The number of aliphatic hydroxyl groups is 1. The summed E-state index contributed by atoms with van der Waals surface area (Å²) in [7, 11) is -9.87. The number of unbranched alkanes of at least 4 members (excludes halogenated alkanes) is 35. The average molecular weight is 1210 g/mol. The minimum absolute atomic E-state index is 0.106. The second-order valence-corrected chi connectivity index (χ2v) is 26.2. The van der Waals surface area contributed by atoms with Gasteiger partial charge in [-0.05, 0) is 31.6 Å². The van der Waals surface area contributed by atoms with Crippen LogP contribution >= 0.6 is 15.6 Å². The van der Waals surface area contributed by atoms with Crippen molar-refractivity contribution in [3.05, 3.63) is 0 Å². The molecule has 0 aliphatic heterocycles. The number of carbonyl (C=O) groups excluding carboxylic acids is 4. The van der Waals surface area contributed by atoms with Crippen molar-refractivity contribution in [2.24, 2.45) is 5.92 Å². The first kappa shape index (κ1) is 80.1. The Bertz CT molecular complexity index is 1600. The van der Waals surface area contributed by atoms with E-state index in [1.165, 1.54) is 135 Å². The third-order valence-electron chi connectivity index (χ3n) is 14.5. The van der Waals surface area contributed by atoms with Gasteiger partial charge in [-0.3, -0.25) is 37.3 Å². The number of carbonyl (C=O) groups is 4. The monoisotopic (exact) mass is 1210 g/mol. The van der Waals surface area contributed by atoms with E-state index in [4.69, 9.17) is 37.0 Å². The predicted octanol–water partition coefficient (Wildman–Crippen LogP) is 17.4. The van der Waals surface area contributed by atoms with Gasteiger partial charge in [0.05, 0.1) is 26.4 Å². The minimum Gasteiger partial charge on any atom is -0.462 e. The van der Waals surface area contributed by atoms with Gasteiger partial charge in [-0.1, -0.05) is 266 Å². The highest BCUT2D eigenvalue weighted by atomic mass is 31.2. The number of hydrogen-bond acceptors (Lipinski definition) is 15. The summed E-state index contributed by atoms with van der Waals surface area (Å²) in [6.07, 6.45) is 40.5. The van der Waals surface area contributed by atoms with Crippen molar-refractivity contribution in [1.82, 2.24) is 0 Å². The Balaban J connectivity index is 5.18. The van der Waals surface area contributed by atoms with Crippen LogP contribution in [0.1, 0.15) is 317 Å². The fraction of sp³-hybridized carbons (Fsp3) is 0.937. The Morgan fingerprint density at radius 2 is 0.561 bits per heavy atom. The van der Waals surface area contributed by atoms with Crippen LogP contribution in [0.2, 0.25) is 0 Å². The molecule has 0 saturated heterocycles. The van der Waals surface area contributed by atoms with Gasteiger partial charge in [0, 0.05) is 25.7 Å². The van der Waals surface area contributed by atoms with E-state index in [1.807, 2.05) is 0 Å². The van der Waals surface area contributed by atoms with Gasteiger partial charge < -0.3 is 33.8 Å². The van der Waals surface area contributed by atoms with Crippen LogP contribution in [0.4, 0.5) is 0 Å². The highest BCUT2D eigenvalue weighted by Crippen LogP contribution is 2.45. The number of hydrogen-bond donors (Lipinski definition) is 3. The van der Waals surface area contributed by atoms with Crippen LogP contribution in [0.15, 0.2) is 0 Å². The van der Waals surface area contributed by atoms with Crippen molar-refractivity contribution in [3.8, 4) is 0 Å². The Hall–Kier alpha value is -1.94. The quantitative estimate of drug-likeness (QED) is 0.0222. The molecule has 0 aromatic rings. The van der Waals surface area contributed by atoms with Gasteiger partial charge in [-0.25, -0.2) is 9.13 Å². The van der Waals surface area contributed by atoms with Crippen LogP contribution in [-0.4, -0.2) is 96.7 Å². The number of aliphatic hydroxyl groups excluding tert-OH is 1. The maximum Gasteiger partial charge on any atom is 0.472 e. The number of esters is 4. The van der Waals surface area contributed by atoms with Gasteiger partial charge >= 0.3 is 39.5 Å². The summed E-state index contributed by atoms with van der Waals surface area (Å²) in [6.45, 7) is 7.10. The topological polar surface area (TPSA) is 237 Å². The zero-order valence-electron chi connectivity index (χ0n) is 52.6. The largest absolute Gasteiger partial charge is 0.472 e. The summed E-state index contributed by atoms with van der Waals surface area (Å²) in [6, 6.07) is 0. The lowest BCUT2D eigenvalue weighted by atomic mass is 10.0. The summed E-state index contributed by atoms with van der Waals surface area (Å²) < 4.78 is 67.8. The number of phosphoric ester groups is 2. The van der Waals surface area contributed by atoms with Crippen LogP contribution in [0.25, 0.3) is 0 Å². The van der Waals surface area contributed by atoms with E-state index in [9.17, 15) is 43.2 Å². The summed E-state index contributed by atoms with van der Waals surface area (Å²) in [5, 5.41) is 10.5. The van der Waals surface area contributed by atoms with E-state index in [0.29, 0.717) is 25.7 Å². The third-order valence-corrected chi connectivity index (χ3v) is 16.4. The highest BCUT2D eigenvalue weighted by Gasteiger charge is 2.30. The van der Waals surface area contributed by atoms with Gasteiger partial charge in [0.1, 0.15) is 19.3 Å². The van der Waals surface area contributed by atoms with E-state index in [0.717, 1.165) is 102 Å². The second kappa shape index (κ2) is 56.8. The molecule has 0 rings (SSSR count). The van der Waals surface area contributed by atoms with Crippen LogP contribution in [0, 0.1) is 5.92 Å². The zero-order valence-corrected chi connectivity index (χ0v) is 54.4. The molecule has 5 atom stereocenters. The lowest BCUT2D eigenvalue weighted by molar-refractivity contribution is -0.161. The van der Waals surface area contributed by atoms with E-state index in [1.54, 1.807) is 0 Å². The highest BCUT2D eigenvalue weighted by molar-refractivity contribution is 7.47. The molecule has 0 heterocycles. The first-order valence-corrected chi connectivity index (χ1v) is 36.1. The maximum absolute atomic E-state index is 13.0. The predicted molar refractivity (Wildman–Crippen MR) is 326 cm³/mol. The fourth-order valence-corrected chi connectivity index (χ4v) is 11.0. The van der Waals surface area contributed by atoms with E-state index in [-0.39, 0.29) is 25.7 Å². The first-order chi connectivity index (χ1) is 39.5. The van der Waals surface area contributed by atoms with Crippen molar-refractivity contribution < 1.29 is 80.2 Å². The molecule has 19 heteroatoms. The number of phosphoric acid groups is 2. The van der Waals surface area contributed by atoms with Crippen molar-refractivity contribution in [2.75, 3.05) is 39.6 Å². The molecule has 486 valence electrons. The number of ether oxygens (including phenoxy) is 4. The Morgan fingerprint density at radius 3 is 0.829 bits per heavy atom. The van der Waals surface area contributed by atoms with Gasteiger partial charge in [-0.15, -0.1) is 0 Å². The molecular formula is C63H122O17P2. The molecular weight excluding hydrogens is 1090 g/mol. The Labute approximate surface area is 498 Å². The Kier molecular flexibility index (Phi) is 55.5. The van der Waals surface area contributed by atoms with Crippen molar-refractivity contribution >= 4 is 39.5 Å². The fourth-order valence-electron chi connectivity index (χ4n) is 9.41.